The second-order valence-electron chi connectivity index (χ2n) is 5.82. The van der Waals surface area contributed by atoms with Gasteiger partial charge in [0.05, 0.1) is 26.2 Å². The van der Waals surface area contributed by atoms with Crippen LogP contribution in [0.5, 0.6) is 11.5 Å². The molecule has 0 aromatic heterocycles. The third kappa shape index (κ3) is 2.69. The fraction of sp³-hybridized carbons (Fsp3) is 0.333. The summed E-state index contributed by atoms with van der Waals surface area (Å²) in [4.78, 5) is 11.8. The van der Waals surface area contributed by atoms with Gasteiger partial charge in [0.1, 0.15) is 0 Å². The second kappa shape index (κ2) is 6.49. The molecule has 0 radical (unpaired) electrons. The first-order valence-corrected chi connectivity index (χ1v) is 7.79. The van der Waals surface area contributed by atoms with E-state index in [0.29, 0.717) is 30.0 Å². The van der Waals surface area contributed by atoms with Gasteiger partial charge < -0.3 is 9.47 Å². The third-order valence-corrected chi connectivity index (χ3v) is 4.48. The number of ether oxygens (including phenoxy) is 2. The zero-order valence-electron chi connectivity index (χ0n) is 13.7. The van der Waals surface area contributed by atoms with Crippen molar-refractivity contribution in [3.05, 3.63) is 69.3 Å². The minimum Gasteiger partial charge on any atom is -0.493 e. The highest BCUT2D eigenvalue weighted by Crippen LogP contribution is 2.39. The lowest BCUT2D eigenvalue weighted by molar-refractivity contribution is -0.589. The maximum Gasteiger partial charge on any atom is 0.305 e. The molecule has 0 amide bonds. The standard InChI is InChI=1S/C18H20N2O4/c1-23-16-10-14-8-9-19-18(20(21)22,15(14)11-17(16)24-2)12-13-6-4-3-5-7-13/h3-7,10-11,19H,8-9,12H2,1-2H3. The number of hydrogen-bond donors (Lipinski definition) is 1. The topological polar surface area (TPSA) is 73.6 Å². The molecule has 0 saturated heterocycles. The molecular weight excluding hydrogens is 308 g/mol. The highest BCUT2D eigenvalue weighted by Gasteiger charge is 2.48. The van der Waals surface area contributed by atoms with Gasteiger partial charge in [0, 0.05) is 11.5 Å². The molecule has 1 aliphatic heterocycles. The zero-order chi connectivity index (χ0) is 17.2. The summed E-state index contributed by atoms with van der Waals surface area (Å²) >= 11 is 0. The largest absolute Gasteiger partial charge is 0.493 e. The predicted molar refractivity (Wildman–Crippen MR) is 90.1 cm³/mol. The first-order valence-electron chi connectivity index (χ1n) is 7.79. The fourth-order valence-corrected chi connectivity index (χ4v) is 3.29. The summed E-state index contributed by atoms with van der Waals surface area (Å²) < 4.78 is 10.7. The number of nitrogens with zero attached hydrogens (tertiary/aromatic N) is 1. The van der Waals surface area contributed by atoms with Gasteiger partial charge in [0.25, 0.3) is 0 Å². The molecule has 1 heterocycles. The van der Waals surface area contributed by atoms with Gasteiger partial charge in [0.2, 0.25) is 0 Å². The van der Waals surface area contributed by atoms with Gasteiger partial charge in [-0.05, 0) is 29.7 Å². The Balaban J connectivity index is 2.14. The van der Waals surface area contributed by atoms with Crippen LogP contribution in [-0.2, 0) is 18.5 Å². The summed E-state index contributed by atoms with van der Waals surface area (Å²) in [6.45, 7) is 0.538. The van der Waals surface area contributed by atoms with Crippen LogP contribution in [0.3, 0.4) is 0 Å². The molecule has 0 spiro atoms. The Bertz CT molecular complexity index is 748. The number of fused-ring (bicyclic) bond motifs is 1. The molecule has 0 fully saturated rings. The Morgan fingerprint density at radius 1 is 1.17 bits per heavy atom. The van der Waals surface area contributed by atoms with Crippen LogP contribution in [-0.4, -0.2) is 25.7 Å². The van der Waals surface area contributed by atoms with Crippen LogP contribution in [0.25, 0.3) is 0 Å². The summed E-state index contributed by atoms with van der Waals surface area (Å²) in [7, 11) is 3.10. The Morgan fingerprint density at radius 3 is 2.46 bits per heavy atom. The number of methoxy groups -OCH3 is 2. The van der Waals surface area contributed by atoms with Crippen molar-refractivity contribution in [3.63, 3.8) is 0 Å². The molecule has 24 heavy (non-hydrogen) atoms. The smallest absolute Gasteiger partial charge is 0.305 e. The summed E-state index contributed by atoms with van der Waals surface area (Å²) in [5, 5.41) is 15.2. The molecule has 3 rings (SSSR count). The monoisotopic (exact) mass is 328 g/mol. The highest BCUT2D eigenvalue weighted by atomic mass is 16.6. The maximum atomic E-state index is 12.1. The molecule has 6 heteroatoms. The van der Waals surface area contributed by atoms with E-state index >= 15 is 0 Å². The normalized spacial score (nSPS) is 19.4. The van der Waals surface area contributed by atoms with Crippen molar-refractivity contribution < 1.29 is 14.4 Å². The number of nitrogens with one attached hydrogen (secondary N) is 1. The Morgan fingerprint density at radius 2 is 1.83 bits per heavy atom. The van der Waals surface area contributed by atoms with Crippen LogP contribution in [0.15, 0.2) is 42.5 Å². The molecule has 6 nitrogen and oxygen atoms in total. The second-order valence-corrected chi connectivity index (χ2v) is 5.82. The molecule has 0 aliphatic carbocycles. The van der Waals surface area contributed by atoms with E-state index < -0.39 is 5.66 Å². The van der Waals surface area contributed by atoms with Crippen molar-refractivity contribution >= 4 is 0 Å². The number of rotatable bonds is 5. The minimum atomic E-state index is -1.37. The van der Waals surface area contributed by atoms with E-state index in [2.05, 4.69) is 5.32 Å². The average molecular weight is 328 g/mol. The third-order valence-electron chi connectivity index (χ3n) is 4.48. The Labute approximate surface area is 140 Å². The molecule has 1 atom stereocenters. The van der Waals surface area contributed by atoms with Crippen molar-refractivity contribution in [2.45, 2.75) is 18.5 Å². The molecule has 0 saturated carbocycles. The van der Waals surface area contributed by atoms with Gasteiger partial charge in [-0.3, -0.25) is 10.1 Å². The van der Waals surface area contributed by atoms with E-state index in [4.69, 9.17) is 9.47 Å². The van der Waals surface area contributed by atoms with Crippen LogP contribution in [0.1, 0.15) is 16.7 Å². The number of nitro groups is 1. The van der Waals surface area contributed by atoms with Crippen LogP contribution in [0.2, 0.25) is 0 Å². The van der Waals surface area contributed by atoms with E-state index in [-0.39, 0.29) is 11.3 Å². The van der Waals surface area contributed by atoms with Crippen LogP contribution < -0.4 is 14.8 Å². The van der Waals surface area contributed by atoms with E-state index in [9.17, 15) is 10.1 Å². The Hall–Kier alpha value is -2.60. The SMILES string of the molecule is COc1cc2c(cc1OC)C(Cc1ccccc1)([N+](=O)[O-])NCC2. The summed E-state index contributed by atoms with van der Waals surface area (Å²) in [6.07, 6.45) is 0.976. The molecule has 1 unspecified atom stereocenters. The van der Waals surface area contributed by atoms with Gasteiger partial charge in [-0.2, -0.15) is 0 Å². The van der Waals surface area contributed by atoms with Crippen LogP contribution in [0.4, 0.5) is 0 Å². The van der Waals surface area contributed by atoms with Crippen molar-refractivity contribution in [1.82, 2.24) is 5.32 Å². The lowest BCUT2D eigenvalue weighted by atomic mass is 9.84. The van der Waals surface area contributed by atoms with Gasteiger partial charge in [-0.15, -0.1) is 0 Å². The van der Waals surface area contributed by atoms with Gasteiger partial charge in [0.15, 0.2) is 11.5 Å². The quantitative estimate of drug-likeness (QED) is 0.674. The number of benzene rings is 2. The predicted octanol–water partition coefficient (Wildman–Crippen LogP) is 2.52. The first-order chi connectivity index (χ1) is 11.6. The van der Waals surface area contributed by atoms with Gasteiger partial charge in [-0.1, -0.05) is 30.3 Å². The van der Waals surface area contributed by atoms with Gasteiger partial charge >= 0.3 is 5.66 Å². The van der Waals surface area contributed by atoms with Crippen LogP contribution >= 0.6 is 0 Å². The van der Waals surface area contributed by atoms with E-state index in [1.165, 1.54) is 7.11 Å². The fourth-order valence-electron chi connectivity index (χ4n) is 3.29. The molecular formula is C18H20N2O4. The van der Waals surface area contributed by atoms with Crippen molar-refractivity contribution in [2.24, 2.45) is 0 Å². The number of hydrogen-bond acceptors (Lipinski definition) is 5. The van der Waals surface area contributed by atoms with E-state index in [0.717, 1.165) is 11.1 Å². The van der Waals surface area contributed by atoms with Gasteiger partial charge in [-0.25, -0.2) is 5.32 Å². The minimum absolute atomic E-state index is 0.232. The molecule has 2 aromatic rings. The van der Waals surface area contributed by atoms with Crippen molar-refractivity contribution in [3.8, 4) is 11.5 Å². The van der Waals surface area contributed by atoms with E-state index in [1.807, 2.05) is 36.4 Å². The molecule has 126 valence electrons. The summed E-state index contributed by atoms with van der Waals surface area (Å²) in [5.74, 6) is 1.09. The Kier molecular flexibility index (Phi) is 4.40. The maximum absolute atomic E-state index is 12.1. The van der Waals surface area contributed by atoms with Crippen LogP contribution in [0, 0.1) is 10.1 Å². The molecule has 1 N–H and O–H groups in total. The van der Waals surface area contributed by atoms with Crippen molar-refractivity contribution in [2.75, 3.05) is 20.8 Å². The molecule has 1 aliphatic rings. The average Bonchev–Trinajstić information content (AvgIpc) is 2.61. The van der Waals surface area contributed by atoms with E-state index in [1.54, 1.807) is 13.2 Å². The zero-order valence-corrected chi connectivity index (χ0v) is 13.7. The molecule has 2 aromatic carbocycles. The lowest BCUT2D eigenvalue weighted by Gasteiger charge is -2.33. The summed E-state index contributed by atoms with van der Waals surface area (Å²) in [6, 6.07) is 13.1. The summed E-state index contributed by atoms with van der Waals surface area (Å²) in [5.41, 5.74) is 1.10. The van der Waals surface area contributed by atoms with Crippen molar-refractivity contribution in [1.29, 1.82) is 0 Å². The first kappa shape index (κ1) is 16.3. The molecule has 0 bridgehead atoms. The highest BCUT2D eigenvalue weighted by molar-refractivity contribution is 5.50. The lowest BCUT2D eigenvalue weighted by Crippen LogP contribution is -2.54.